The van der Waals surface area contributed by atoms with Crippen LogP contribution in [-0.4, -0.2) is 7.25 Å². The highest BCUT2D eigenvalue weighted by atomic mass is 32.1. The van der Waals surface area contributed by atoms with Crippen LogP contribution in [0.15, 0.2) is 71.6 Å². The van der Waals surface area contributed by atoms with Gasteiger partial charge in [-0.15, -0.1) is 0 Å². The van der Waals surface area contributed by atoms with Crippen LogP contribution in [0.2, 0.25) is 0 Å². The molecule has 172 valence electrons. The van der Waals surface area contributed by atoms with E-state index < -0.39 is 7.25 Å². The van der Waals surface area contributed by atoms with Gasteiger partial charge < -0.3 is 17.3 Å². The maximum Gasteiger partial charge on any atom is 0.673 e. The molecule has 3 rings (SSSR count). The van der Waals surface area contributed by atoms with E-state index in [1.807, 2.05) is 0 Å². The van der Waals surface area contributed by atoms with E-state index in [2.05, 4.69) is 121 Å². The number of hydrogen-bond acceptors (Lipinski definition) is 0. The molecular weight excluding hydrogens is 431 g/mol. The Morgan fingerprint density at radius 2 is 0.969 bits per heavy atom. The maximum atomic E-state index is 9.75. The van der Waals surface area contributed by atoms with Gasteiger partial charge in [-0.1, -0.05) is 102 Å². The van der Waals surface area contributed by atoms with E-state index in [-0.39, 0.29) is 10.8 Å². The van der Waals surface area contributed by atoms with Crippen molar-refractivity contribution in [1.82, 2.24) is 0 Å². The summed E-state index contributed by atoms with van der Waals surface area (Å²) in [6.45, 7) is 13.5. The van der Waals surface area contributed by atoms with Gasteiger partial charge in [0.2, 0.25) is 0 Å². The minimum absolute atomic E-state index is 0.164. The average Bonchev–Trinajstić information content (AvgIpc) is 2.65. The summed E-state index contributed by atoms with van der Waals surface area (Å²) in [5.74, 6) is 0. The van der Waals surface area contributed by atoms with Gasteiger partial charge in [-0.05, 0) is 57.3 Å². The van der Waals surface area contributed by atoms with Crippen LogP contribution in [0.3, 0.4) is 0 Å². The molecular formula is C26H31BF4S. The molecule has 0 bridgehead atoms. The summed E-state index contributed by atoms with van der Waals surface area (Å²) >= 11 is 3.84. The summed E-state index contributed by atoms with van der Waals surface area (Å²) in [7, 11) is -6.00. The lowest BCUT2D eigenvalue weighted by molar-refractivity contribution is 0.368. The largest absolute Gasteiger partial charge is 0.673 e. The van der Waals surface area contributed by atoms with Crippen molar-refractivity contribution in [2.45, 2.75) is 57.3 Å². The topological polar surface area (TPSA) is 0 Å². The highest BCUT2D eigenvalue weighted by molar-refractivity contribution is 7.59. The van der Waals surface area contributed by atoms with E-state index in [0.717, 1.165) is 4.90 Å². The molecule has 0 unspecified atom stereocenters. The second-order valence-corrected chi connectivity index (χ2v) is 10.4. The predicted molar refractivity (Wildman–Crippen MR) is 133 cm³/mol. The zero-order valence-corrected chi connectivity index (χ0v) is 20.4. The summed E-state index contributed by atoms with van der Waals surface area (Å²) in [6.07, 6.45) is 0. The highest BCUT2D eigenvalue weighted by Gasteiger charge is 2.21. The molecule has 0 aliphatic rings. The Kier molecular flexibility index (Phi) is 7.93. The van der Waals surface area contributed by atoms with Gasteiger partial charge >= 0.3 is 7.25 Å². The van der Waals surface area contributed by atoms with Crippen molar-refractivity contribution in [2.75, 3.05) is 0 Å². The van der Waals surface area contributed by atoms with Gasteiger partial charge in [-0.2, -0.15) is 0 Å². The maximum absolute atomic E-state index is 9.75. The zero-order valence-electron chi connectivity index (χ0n) is 19.4. The monoisotopic (exact) mass is 462 g/mol. The van der Waals surface area contributed by atoms with E-state index in [1.54, 1.807) is 0 Å². The SMILES string of the molecule is CC(C)(C)c1ccc(-c2cccc([SH2+])c2-c2ccc(C(C)(C)C)cc2)cc1.F[B-](F)(F)F. The first-order valence-electron chi connectivity index (χ1n) is 10.5. The summed E-state index contributed by atoms with van der Waals surface area (Å²) in [4.78, 5) is 1.12. The first-order chi connectivity index (χ1) is 14.6. The van der Waals surface area contributed by atoms with E-state index in [0.29, 0.717) is 0 Å². The molecule has 0 spiro atoms. The Labute approximate surface area is 194 Å². The third-order valence-electron chi connectivity index (χ3n) is 5.17. The second-order valence-electron chi connectivity index (χ2n) is 9.88. The minimum Gasteiger partial charge on any atom is -0.418 e. The van der Waals surface area contributed by atoms with Gasteiger partial charge in [0.05, 0.1) is 0 Å². The van der Waals surface area contributed by atoms with Crippen LogP contribution in [0.1, 0.15) is 52.7 Å². The summed E-state index contributed by atoms with van der Waals surface area (Å²) in [5, 5.41) is 0. The summed E-state index contributed by atoms with van der Waals surface area (Å²) < 4.78 is 39.0. The third-order valence-corrected chi connectivity index (χ3v) is 5.58. The van der Waals surface area contributed by atoms with Crippen LogP contribution in [0.25, 0.3) is 22.3 Å². The fraction of sp³-hybridized carbons (Fsp3) is 0.308. The Hall–Kier alpha value is -2.21. The fourth-order valence-electron chi connectivity index (χ4n) is 3.39. The van der Waals surface area contributed by atoms with Crippen LogP contribution in [-0.2, 0) is 23.5 Å². The zero-order chi connectivity index (χ0) is 24.3. The van der Waals surface area contributed by atoms with Gasteiger partial charge in [0.15, 0.2) is 4.90 Å². The number of rotatable bonds is 2. The Balaban J connectivity index is 0.000000654. The van der Waals surface area contributed by atoms with Crippen LogP contribution in [0.4, 0.5) is 17.3 Å². The van der Waals surface area contributed by atoms with Crippen LogP contribution in [0.5, 0.6) is 0 Å². The van der Waals surface area contributed by atoms with Gasteiger partial charge in [0, 0.05) is 5.56 Å². The molecule has 0 radical (unpaired) electrons. The number of hydrogen-bond donors (Lipinski definition) is 0. The molecule has 0 aromatic heterocycles. The van der Waals surface area contributed by atoms with Crippen LogP contribution in [0, 0.1) is 0 Å². The van der Waals surface area contributed by atoms with Crippen LogP contribution >= 0.6 is 0 Å². The van der Waals surface area contributed by atoms with E-state index >= 15 is 0 Å². The van der Waals surface area contributed by atoms with Gasteiger partial charge in [-0.25, -0.2) is 0 Å². The molecule has 0 aliphatic carbocycles. The fourth-order valence-corrected chi connectivity index (χ4v) is 3.77. The lowest BCUT2D eigenvalue weighted by Crippen LogP contribution is -2.10. The first-order valence-corrected chi connectivity index (χ1v) is 11.0. The molecule has 0 heterocycles. The summed E-state index contributed by atoms with van der Waals surface area (Å²) in [5.41, 5.74) is 8.04. The van der Waals surface area contributed by atoms with Crippen molar-refractivity contribution < 1.29 is 17.3 Å². The van der Waals surface area contributed by atoms with Crippen molar-refractivity contribution in [3.63, 3.8) is 0 Å². The minimum atomic E-state index is -6.00. The molecule has 0 aliphatic heterocycles. The van der Waals surface area contributed by atoms with Crippen molar-refractivity contribution in [2.24, 2.45) is 0 Å². The molecule has 0 nitrogen and oxygen atoms in total. The molecule has 0 amide bonds. The molecule has 3 aromatic rings. The van der Waals surface area contributed by atoms with E-state index in [4.69, 9.17) is 0 Å². The van der Waals surface area contributed by atoms with Crippen molar-refractivity contribution in [3.8, 4) is 22.3 Å². The van der Waals surface area contributed by atoms with E-state index in [1.165, 1.54) is 33.4 Å². The second kappa shape index (κ2) is 9.74. The van der Waals surface area contributed by atoms with Crippen LogP contribution < -0.4 is 0 Å². The average molecular weight is 462 g/mol. The molecule has 0 fully saturated rings. The Morgan fingerprint density at radius 3 is 1.34 bits per heavy atom. The molecule has 0 saturated heterocycles. The highest BCUT2D eigenvalue weighted by Crippen LogP contribution is 2.37. The first kappa shape index (κ1) is 26.1. The quantitative estimate of drug-likeness (QED) is 0.204. The lowest BCUT2D eigenvalue weighted by atomic mass is 9.84. The summed E-state index contributed by atoms with van der Waals surface area (Å²) in [6, 6.07) is 24.4. The molecule has 0 N–H and O–H groups in total. The van der Waals surface area contributed by atoms with E-state index in [9.17, 15) is 17.3 Å². The molecule has 0 atom stereocenters. The van der Waals surface area contributed by atoms with Crippen molar-refractivity contribution in [1.29, 1.82) is 0 Å². The molecule has 0 saturated carbocycles. The lowest BCUT2D eigenvalue weighted by Gasteiger charge is -2.20. The van der Waals surface area contributed by atoms with Gasteiger partial charge in [0.1, 0.15) is 0 Å². The van der Waals surface area contributed by atoms with Gasteiger partial charge in [0.25, 0.3) is 0 Å². The number of halogens is 4. The van der Waals surface area contributed by atoms with Crippen molar-refractivity contribution >= 4 is 19.9 Å². The standard InChI is InChI=1S/C26H30S.BF4/c1-25(2,3)20-14-10-18(11-15-20)22-8-7-9-23(27)24(22)19-12-16-21(17-13-19)26(4,5)6;2-1(3,4)5/h7-17,27H,1-6H3;/q;-1/p+1. The Morgan fingerprint density at radius 1 is 0.594 bits per heavy atom. The van der Waals surface area contributed by atoms with Gasteiger partial charge in [-0.3, -0.25) is 0 Å². The Bertz CT molecular complexity index is 1020. The van der Waals surface area contributed by atoms with Crippen molar-refractivity contribution in [3.05, 3.63) is 77.9 Å². The number of benzene rings is 3. The predicted octanol–water partition coefficient (Wildman–Crippen LogP) is 8.29. The molecule has 6 heteroatoms. The smallest absolute Gasteiger partial charge is 0.418 e. The molecule has 3 aromatic carbocycles. The third kappa shape index (κ3) is 7.44. The molecule has 32 heavy (non-hydrogen) atoms. The normalized spacial score (nSPS) is 12.2.